The molecule has 2 N–H and O–H groups in total. The van der Waals surface area contributed by atoms with Crippen LogP contribution in [0, 0.1) is 5.82 Å². The van der Waals surface area contributed by atoms with Crippen LogP contribution in [0.2, 0.25) is 0 Å². The maximum absolute atomic E-state index is 13.0. The van der Waals surface area contributed by atoms with Crippen molar-refractivity contribution in [2.45, 2.75) is 6.04 Å². The van der Waals surface area contributed by atoms with Gasteiger partial charge in [0.15, 0.2) is 11.6 Å². The molecule has 0 heterocycles. The van der Waals surface area contributed by atoms with Gasteiger partial charge in [-0.05, 0) is 17.7 Å². The Morgan fingerprint density at radius 1 is 1.50 bits per heavy atom. The van der Waals surface area contributed by atoms with Crippen LogP contribution in [0.15, 0.2) is 18.2 Å². The summed E-state index contributed by atoms with van der Waals surface area (Å²) in [6, 6.07) is 3.40. The first-order chi connectivity index (χ1) is 6.19. The maximum Gasteiger partial charge on any atom is 0.165 e. The van der Waals surface area contributed by atoms with Gasteiger partial charge < -0.3 is 10.5 Å². The summed E-state index contributed by atoms with van der Waals surface area (Å²) in [6.07, 6.45) is 0. The highest BCUT2D eigenvalue weighted by Gasteiger charge is 2.08. The number of methoxy groups -OCH3 is 1. The van der Waals surface area contributed by atoms with Crippen LogP contribution in [0.4, 0.5) is 8.78 Å². The summed E-state index contributed by atoms with van der Waals surface area (Å²) in [5.74, 6) is -0.390. The van der Waals surface area contributed by atoms with Crippen LogP contribution in [0.5, 0.6) is 5.75 Å². The second-order valence-corrected chi connectivity index (χ2v) is 2.65. The highest BCUT2D eigenvalue weighted by atomic mass is 35.5. The predicted molar refractivity (Wildman–Crippen MR) is 53.1 cm³/mol. The second-order valence-electron chi connectivity index (χ2n) is 2.65. The molecule has 0 aromatic heterocycles. The smallest absolute Gasteiger partial charge is 0.165 e. The summed E-state index contributed by atoms with van der Waals surface area (Å²) in [5.41, 5.74) is 5.80. The van der Waals surface area contributed by atoms with Gasteiger partial charge in [-0.3, -0.25) is 0 Å². The van der Waals surface area contributed by atoms with E-state index in [4.69, 9.17) is 10.5 Å². The molecular weight excluding hydrogens is 212 g/mol. The third kappa shape index (κ3) is 2.82. The lowest BCUT2D eigenvalue weighted by Crippen LogP contribution is -2.12. The molecule has 0 aliphatic heterocycles. The molecular formula is C9H12ClF2NO. The van der Waals surface area contributed by atoms with Crippen LogP contribution in [-0.4, -0.2) is 13.8 Å². The fourth-order valence-electron chi connectivity index (χ4n) is 1.00. The molecule has 0 saturated heterocycles. The minimum atomic E-state index is -0.764. The molecule has 0 aliphatic carbocycles. The van der Waals surface area contributed by atoms with E-state index in [9.17, 15) is 8.78 Å². The van der Waals surface area contributed by atoms with E-state index in [2.05, 4.69) is 0 Å². The zero-order valence-electron chi connectivity index (χ0n) is 7.67. The molecule has 0 spiro atoms. The second kappa shape index (κ2) is 5.78. The molecule has 2 nitrogen and oxygen atoms in total. The van der Waals surface area contributed by atoms with Crippen molar-refractivity contribution in [3.05, 3.63) is 29.6 Å². The van der Waals surface area contributed by atoms with Gasteiger partial charge in [0.25, 0.3) is 0 Å². The van der Waals surface area contributed by atoms with E-state index < -0.39 is 18.5 Å². The lowest BCUT2D eigenvalue weighted by molar-refractivity contribution is 0.384. The number of alkyl halides is 1. The molecule has 14 heavy (non-hydrogen) atoms. The number of nitrogens with two attached hydrogens (primary N) is 1. The zero-order valence-corrected chi connectivity index (χ0v) is 8.48. The van der Waals surface area contributed by atoms with Crippen LogP contribution in [0.3, 0.4) is 0 Å². The van der Waals surface area contributed by atoms with Crippen molar-refractivity contribution in [3.8, 4) is 5.75 Å². The summed E-state index contributed by atoms with van der Waals surface area (Å²) in [7, 11) is 1.37. The topological polar surface area (TPSA) is 35.2 Å². The fourth-order valence-corrected chi connectivity index (χ4v) is 1.00. The average molecular weight is 224 g/mol. The van der Waals surface area contributed by atoms with Gasteiger partial charge in [0.05, 0.1) is 13.2 Å². The number of hydrogen-bond donors (Lipinski definition) is 1. The van der Waals surface area contributed by atoms with E-state index in [0.717, 1.165) is 0 Å². The fraction of sp³-hybridized carbons (Fsp3) is 0.333. The molecule has 0 bridgehead atoms. The normalized spacial score (nSPS) is 11.7. The Kier molecular flexibility index (Phi) is 5.42. The van der Waals surface area contributed by atoms with Crippen LogP contribution in [0.25, 0.3) is 0 Å². The van der Waals surface area contributed by atoms with E-state index in [1.807, 2.05) is 0 Å². The first kappa shape index (κ1) is 13.1. The standard InChI is InChI=1S/C9H11F2NO.ClH/c1-13-9-3-2-6(4-7(9)11)8(12)5-10;/h2-4,8H,5,12H2,1H3;1H/t8-;/m0./s1. The number of rotatable bonds is 3. The van der Waals surface area contributed by atoms with Gasteiger partial charge in [0.2, 0.25) is 0 Å². The predicted octanol–water partition coefficient (Wildman–Crippen LogP) is 2.23. The van der Waals surface area contributed by atoms with Crippen LogP contribution < -0.4 is 10.5 Å². The largest absolute Gasteiger partial charge is 0.494 e. The molecule has 0 amide bonds. The number of ether oxygens (including phenoxy) is 1. The monoisotopic (exact) mass is 223 g/mol. The maximum atomic E-state index is 13.0. The molecule has 1 atom stereocenters. The quantitative estimate of drug-likeness (QED) is 0.853. The Morgan fingerprint density at radius 2 is 2.14 bits per heavy atom. The molecule has 1 aromatic carbocycles. The van der Waals surface area contributed by atoms with E-state index in [1.165, 1.54) is 19.2 Å². The van der Waals surface area contributed by atoms with Gasteiger partial charge in [0, 0.05) is 0 Å². The SMILES string of the molecule is COc1ccc([C@@H](N)CF)cc1F.Cl. The van der Waals surface area contributed by atoms with Gasteiger partial charge >= 0.3 is 0 Å². The molecule has 0 radical (unpaired) electrons. The number of benzene rings is 1. The van der Waals surface area contributed by atoms with Crippen molar-refractivity contribution < 1.29 is 13.5 Å². The summed E-state index contributed by atoms with van der Waals surface area (Å²) >= 11 is 0. The highest BCUT2D eigenvalue weighted by Crippen LogP contribution is 2.20. The van der Waals surface area contributed by atoms with Gasteiger partial charge in [-0.25, -0.2) is 8.78 Å². The third-order valence-corrected chi connectivity index (χ3v) is 1.77. The molecule has 1 rings (SSSR count). The Balaban J connectivity index is 0.00000169. The summed E-state index contributed by atoms with van der Waals surface area (Å²) in [6.45, 7) is -0.703. The average Bonchev–Trinajstić information content (AvgIpc) is 2.16. The minimum Gasteiger partial charge on any atom is -0.494 e. The lowest BCUT2D eigenvalue weighted by atomic mass is 10.1. The highest BCUT2D eigenvalue weighted by molar-refractivity contribution is 5.85. The molecule has 0 aliphatic rings. The Hall–Kier alpha value is -0.870. The Morgan fingerprint density at radius 3 is 2.57 bits per heavy atom. The Bertz CT molecular complexity index is 296. The van der Waals surface area contributed by atoms with Crippen molar-refractivity contribution in [2.24, 2.45) is 5.73 Å². The minimum absolute atomic E-state index is 0. The lowest BCUT2D eigenvalue weighted by Gasteiger charge is -2.08. The summed E-state index contributed by atoms with van der Waals surface area (Å²) < 4.78 is 29.9. The van der Waals surface area contributed by atoms with Gasteiger partial charge in [-0.1, -0.05) is 6.07 Å². The van der Waals surface area contributed by atoms with Crippen LogP contribution in [-0.2, 0) is 0 Å². The van der Waals surface area contributed by atoms with Crippen LogP contribution in [0.1, 0.15) is 11.6 Å². The van der Waals surface area contributed by atoms with Crippen molar-refractivity contribution in [3.63, 3.8) is 0 Å². The number of halogens is 3. The van der Waals surface area contributed by atoms with Crippen molar-refractivity contribution in [1.29, 1.82) is 0 Å². The molecule has 80 valence electrons. The summed E-state index contributed by atoms with van der Waals surface area (Å²) in [4.78, 5) is 0. The third-order valence-electron chi connectivity index (χ3n) is 1.77. The first-order valence-corrected chi connectivity index (χ1v) is 3.84. The molecule has 0 fully saturated rings. The van der Waals surface area contributed by atoms with E-state index in [1.54, 1.807) is 6.07 Å². The van der Waals surface area contributed by atoms with E-state index >= 15 is 0 Å². The van der Waals surface area contributed by atoms with Gasteiger partial charge in [-0.15, -0.1) is 12.4 Å². The zero-order chi connectivity index (χ0) is 9.84. The van der Waals surface area contributed by atoms with Crippen molar-refractivity contribution in [1.82, 2.24) is 0 Å². The first-order valence-electron chi connectivity index (χ1n) is 3.84. The van der Waals surface area contributed by atoms with E-state index in [0.29, 0.717) is 5.56 Å². The van der Waals surface area contributed by atoms with Gasteiger partial charge in [0.1, 0.15) is 6.67 Å². The molecule has 0 saturated carbocycles. The van der Waals surface area contributed by atoms with Gasteiger partial charge in [-0.2, -0.15) is 0 Å². The molecule has 0 unspecified atom stereocenters. The Labute approximate surface area is 87.5 Å². The van der Waals surface area contributed by atoms with Crippen molar-refractivity contribution >= 4 is 12.4 Å². The van der Waals surface area contributed by atoms with E-state index in [-0.39, 0.29) is 18.2 Å². The molecule has 1 aromatic rings. The summed E-state index contributed by atoms with van der Waals surface area (Å²) in [5, 5.41) is 0. The molecule has 5 heteroatoms. The number of hydrogen-bond acceptors (Lipinski definition) is 2. The van der Waals surface area contributed by atoms with Crippen molar-refractivity contribution in [2.75, 3.05) is 13.8 Å². The van der Waals surface area contributed by atoms with Crippen LogP contribution >= 0.6 is 12.4 Å².